The summed E-state index contributed by atoms with van der Waals surface area (Å²) in [5.74, 6) is 0. The second-order valence-corrected chi connectivity index (χ2v) is 6.31. The molecular weight excluding hydrogens is 264 g/mol. The van der Waals surface area contributed by atoms with Crippen molar-refractivity contribution in [3.63, 3.8) is 0 Å². The molecule has 132 valence electrons. The van der Waals surface area contributed by atoms with Crippen molar-refractivity contribution in [1.82, 2.24) is 0 Å². The van der Waals surface area contributed by atoms with Gasteiger partial charge in [-0.1, -0.05) is 96.8 Å². The van der Waals surface area contributed by atoms with E-state index in [1.165, 1.54) is 96.3 Å². The molecule has 0 amide bonds. The van der Waals surface area contributed by atoms with Crippen LogP contribution in [0.2, 0.25) is 0 Å². The number of rotatable bonds is 15. The number of unbranched alkanes of at least 4 members (excludes halogenated alkanes) is 12. The maximum atomic E-state index is 3.66. The van der Waals surface area contributed by atoms with Crippen molar-refractivity contribution >= 4 is 0 Å². The molecule has 0 aliphatic heterocycles. The molecule has 0 heteroatoms. The lowest BCUT2D eigenvalue weighted by molar-refractivity contribution is 0.665. The molecule has 0 N–H and O–H groups in total. The quantitative estimate of drug-likeness (QED) is 0.210. The molecule has 0 atom stereocenters. The summed E-state index contributed by atoms with van der Waals surface area (Å²) in [4.78, 5) is 0. The van der Waals surface area contributed by atoms with E-state index in [2.05, 4.69) is 39.5 Å². The molecule has 0 heterocycles. The van der Waals surface area contributed by atoms with Crippen LogP contribution in [0.25, 0.3) is 0 Å². The minimum absolute atomic E-state index is 1.19. The van der Waals surface area contributed by atoms with Crippen molar-refractivity contribution < 1.29 is 0 Å². The maximum Gasteiger partial charge on any atom is -0.0351 e. The summed E-state index contributed by atoms with van der Waals surface area (Å²) < 4.78 is 0. The molecular formula is C22H44. The molecule has 0 saturated carbocycles. The van der Waals surface area contributed by atoms with Gasteiger partial charge in [0.1, 0.15) is 0 Å². The Labute approximate surface area is 142 Å². The van der Waals surface area contributed by atoms with Gasteiger partial charge in [-0.15, -0.1) is 6.58 Å². The van der Waals surface area contributed by atoms with Crippen LogP contribution in [0.5, 0.6) is 0 Å². The Bertz CT molecular complexity index is 188. The van der Waals surface area contributed by atoms with Crippen molar-refractivity contribution in [2.24, 2.45) is 0 Å². The molecule has 22 heavy (non-hydrogen) atoms. The monoisotopic (exact) mass is 308 g/mol. The molecule has 0 aromatic rings. The average molecular weight is 309 g/mol. The molecule has 0 spiro atoms. The fourth-order valence-electron chi connectivity index (χ4n) is 2.33. The molecule has 0 rings (SSSR count). The summed E-state index contributed by atoms with van der Waals surface area (Å²) in [6.45, 7) is 10.4. The standard InChI is InChI=1S/C14H28.C8H16/c1-3-5-7-9-11-13-14-12-10-8-6-4-2;1-3-5-7-8-6-4-2/h13-14H,3-12H2,1-2H3;3H,1,4-8H2,2H3. The van der Waals surface area contributed by atoms with E-state index in [-0.39, 0.29) is 0 Å². The highest BCUT2D eigenvalue weighted by molar-refractivity contribution is 4.81. The van der Waals surface area contributed by atoms with Gasteiger partial charge in [0.15, 0.2) is 0 Å². The average Bonchev–Trinajstić information content (AvgIpc) is 2.54. The van der Waals surface area contributed by atoms with Crippen LogP contribution in [-0.4, -0.2) is 0 Å². The van der Waals surface area contributed by atoms with Crippen molar-refractivity contribution in [3.05, 3.63) is 24.8 Å². The highest BCUT2D eigenvalue weighted by atomic mass is 13.9. The molecule has 0 aliphatic rings. The van der Waals surface area contributed by atoms with Crippen LogP contribution in [0.4, 0.5) is 0 Å². The predicted molar refractivity (Wildman–Crippen MR) is 106 cm³/mol. The largest absolute Gasteiger partial charge is 0.103 e. The number of allylic oxidation sites excluding steroid dienone is 3. The van der Waals surface area contributed by atoms with Gasteiger partial charge in [-0.05, 0) is 38.5 Å². The molecule has 0 aliphatic carbocycles. The minimum atomic E-state index is 1.19. The SMILES string of the molecule is C=CCCCCCC.CCCCCCC=CCCCCCC. The van der Waals surface area contributed by atoms with E-state index in [9.17, 15) is 0 Å². The third-order valence-electron chi connectivity index (χ3n) is 3.88. The summed E-state index contributed by atoms with van der Waals surface area (Å²) in [6, 6.07) is 0. The van der Waals surface area contributed by atoms with Crippen LogP contribution in [0.15, 0.2) is 24.8 Å². The Morgan fingerprint density at radius 3 is 1.18 bits per heavy atom. The zero-order valence-corrected chi connectivity index (χ0v) is 16.0. The van der Waals surface area contributed by atoms with Crippen LogP contribution in [-0.2, 0) is 0 Å². The van der Waals surface area contributed by atoms with Crippen LogP contribution in [0.3, 0.4) is 0 Å². The molecule has 0 radical (unpaired) electrons. The minimum Gasteiger partial charge on any atom is -0.103 e. The highest BCUT2D eigenvalue weighted by Crippen LogP contribution is 2.06. The fourth-order valence-corrected chi connectivity index (χ4v) is 2.33. The predicted octanol–water partition coefficient (Wildman–Crippen LogP) is 8.63. The summed E-state index contributed by atoms with van der Waals surface area (Å²) in [5.41, 5.74) is 0. The van der Waals surface area contributed by atoms with E-state index >= 15 is 0 Å². The van der Waals surface area contributed by atoms with Gasteiger partial charge < -0.3 is 0 Å². The molecule has 0 saturated heterocycles. The Kier molecular flexibility index (Phi) is 27.4. The van der Waals surface area contributed by atoms with E-state index in [1.54, 1.807) is 0 Å². The zero-order valence-electron chi connectivity index (χ0n) is 16.0. The smallest absolute Gasteiger partial charge is 0.0351 e. The summed E-state index contributed by atoms with van der Waals surface area (Å²) >= 11 is 0. The van der Waals surface area contributed by atoms with Gasteiger partial charge in [0, 0.05) is 0 Å². The van der Waals surface area contributed by atoms with E-state index in [0.29, 0.717) is 0 Å². The van der Waals surface area contributed by atoms with E-state index in [0.717, 1.165) is 0 Å². The van der Waals surface area contributed by atoms with Gasteiger partial charge in [-0.25, -0.2) is 0 Å². The zero-order chi connectivity index (χ0) is 16.7. The van der Waals surface area contributed by atoms with Crippen molar-refractivity contribution in [2.75, 3.05) is 0 Å². The topological polar surface area (TPSA) is 0 Å². The van der Waals surface area contributed by atoms with Crippen LogP contribution in [0.1, 0.15) is 117 Å². The Hall–Kier alpha value is -0.520. The third kappa shape index (κ3) is 27.8. The number of hydrogen-bond donors (Lipinski definition) is 0. The van der Waals surface area contributed by atoms with Gasteiger partial charge >= 0.3 is 0 Å². The van der Waals surface area contributed by atoms with E-state index in [4.69, 9.17) is 0 Å². The maximum absolute atomic E-state index is 3.66. The van der Waals surface area contributed by atoms with Crippen LogP contribution >= 0.6 is 0 Å². The second-order valence-electron chi connectivity index (χ2n) is 6.31. The van der Waals surface area contributed by atoms with Crippen LogP contribution in [0, 0.1) is 0 Å². The molecule has 0 aromatic carbocycles. The van der Waals surface area contributed by atoms with Crippen molar-refractivity contribution in [3.8, 4) is 0 Å². The van der Waals surface area contributed by atoms with Crippen molar-refractivity contribution in [2.45, 2.75) is 117 Å². The molecule has 0 bridgehead atoms. The third-order valence-corrected chi connectivity index (χ3v) is 3.88. The summed E-state index contributed by atoms with van der Waals surface area (Å²) in [6.07, 6.45) is 27.1. The van der Waals surface area contributed by atoms with Gasteiger partial charge in [-0.2, -0.15) is 0 Å². The normalized spacial score (nSPS) is 10.5. The van der Waals surface area contributed by atoms with Crippen molar-refractivity contribution in [1.29, 1.82) is 0 Å². The highest BCUT2D eigenvalue weighted by Gasteiger charge is 1.86. The summed E-state index contributed by atoms with van der Waals surface area (Å²) in [7, 11) is 0. The lowest BCUT2D eigenvalue weighted by Crippen LogP contribution is -1.75. The van der Waals surface area contributed by atoms with Crippen LogP contribution < -0.4 is 0 Å². The first kappa shape index (κ1) is 23.7. The molecule has 0 nitrogen and oxygen atoms in total. The first-order chi connectivity index (χ1) is 10.8. The Morgan fingerprint density at radius 2 is 0.864 bits per heavy atom. The molecule has 0 fully saturated rings. The fraction of sp³-hybridized carbons (Fsp3) is 0.818. The van der Waals surface area contributed by atoms with Gasteiger partial charge in [0.25, 0.3) is 0 Å². The summed E-state index contributed by atoms with van der Waals surface area (Å²) in [5, 5.41) is 0. The van der Waals surface area contributed by atoms with Gasteiger partial charge in [0.2, 0.25) is 0 Å². The van der Waals surface area contributed by atoms with Gasteiger partial charge in [-0.3, -0.25) is 0 Å². The lowest BCUT2D eigenvalue weighted by atomic mass is 10.1. The first-order valence-corrected chi connectivity index (χ1v) is 10.1. The van der Waals surface area contributed by atoms with Gasteiger partial charge in [0.05, 0.1) is 0 Å². The second kappa shape index (κ2) is 25.4. The Balaban J connectivity index is 0. The number of hydrogen-bond acceptors (Lipinski definition) is 0. The lowest BCUT2D eigenvalue weighted by Gasteiger charge is -1.95. The van der Waals surface area contributed by atoms with E-state index in [1.807, 2.05) is 6.08 Å². The van der Waals surface area contributed by atoms with E-state index < -0.39 is 0 Å². The molecule has 0 unspecified atom stereocenters. The molecule has 0 aromatic heterocycles. The first-order valence-electron chi connectivity index (χ1n) is 10.1. The Morgan fingerprint density at radius 1 is 0.500 bits per heavy atom.